The highest BCUT2D eigenvalue weighted by Crippen LogP contribution is 2.37. The van der Waals surface area contributed by atoms with Crippen LogP contribution in [0.2, 0.25) is 0 Å². The van der Waals surface area contributed by atoms with E-state index in [1.54, 1.807) is 69.3 Å². The van der Waals surface area contributed by atoms with Gasteiger partial charge in [-0.1, -0.05) is 23.5 Å². The number of carbonyl (C=O) groups is 2. The van der Waals surface area contributed by atoms with Crippen molar-refractivity contribution in [3.05, 3.63) is 131 Å². The summed E-state index contributed by atoms with van der Waals surface area (Å²) in [5.74, 6) is 0.319. The SMILES string of the molecule is C=CCc1cc(/C=c2\sc3n(c2=O)[C@H](c2ccc(OCC(=O)OC)c(OCC)c2)C(C(=O)OCC)=C(C)N=3)cc(OCC)c1OCc1ccc([N+](=O)[O-])cc1. The first-order valence-electron chi connectivity index (χ1n) is 17.5. The van der Waals surface area contributed by atoms with Crippen LogP contribution < -0.4 is 33.8 Å². The number of benzene rings is 3. The van der Waals surface area contributed by atoms with Gasteiger partial charge in [-0.05, 0) is 93.3 Å². The molecule has 2 heterocycles. The summed E-state index contributed by atoms with van der Waals surface area (Å²) in [5, 5.41) is 11.1. The van der Waals surface area contributed by atoms with E-state index >= 15 is 0 Å². The number of nitro groups is 1. The van der Waals surface area contributed by atoms with Crippen LogP contribution in [0.25, 0.3) is 6.08 Å². The van der Waals surface area contributed by atoms with Gasteiger partial charge >= 0.3 is 11.9 Å². The molecule has 0 saturated carbocycles. The van der Waals surface area contributed by atoms with Gasteiger partial charge in [-0.25, -0.2) is 14.6 Å². The molecule has 1 atom stereocenters. The molecule has 1 aliphatic heterocycles. The second-order valence-electron chi connectivity index (χ2n) is 12.0. The third-order valence-electron chi connectivity index (χ3n) is 8.32. The predicted molar refractivity (Wildman–Crippen MR) is 204 cm³/mol. The van der Waals surface area contributed by atoms with Crippen LogP contribution in [0, 0.1) is 10.1 Å². The number of esters is 2. The first-order chi connectivity index (χ1) is 26.5. The molecule has 0 saturated heterocycles. The van der Waals surface area contributed by atoms with E-state index in [4.69, 9.17) is 28.4 Å². The number of aromatic nitrogens is 1. The molecule has 0 fully saturated rings. The first kappa shape index (κ1) is 40.0. The van der Waals surface area contributed by atoms with Gasteiger partial charge in [-0.15, -0.1) is 6.58 Å². The van der Waals surface area contributed by atoms with E-state index in [-0.39, 0.29) is 43.4 Å². The van der Waals surface area contributed by atoms with Crippen molar-refractivity contribution in [1.82, 2.24) is 4.57 Å². The predicted octanol–water partition coefficient (Wildman–Crippen LogP) is 5.36. The lowest BCUT2D eigenvalue weighted by Gasteiger charge is -2.25. The molecule has 0 unspecified atom stereocenters. The largest absolute Gasteiger partial charge is 0.490 e. The molecule has 3 aromatic carbocycles. The van der Waals surface area contributed by atoms with Crippen LogP contribution in [0.3, 0.4) is 0 Å². The Morgan fingerprint density at radius 3 is 2.35 bits per heavy atom. The Morgan fingerprint density at radius 1 is 0.964 bits per heavy atom. The molecule has 288 valence electrons. The van der Waals surface area contributed by atoms with Gasteiger partial charge in [0.1, 0.15) is 6.61 Å². The highest BCUT2D eigenvalue weighted by molar-refractivity contribution is 7.07. The number of non-ortho nitro benzene ring substituents is 1. The van der Waals surface area contributed by atoms with Crippen LogP contribution in [0.5, 0.6) is 23.0 Å². The summed E-state index contributed by atoms with van der Waals surface area (Å²) in [6.45, 7) is 11.4. The number of rotatable bonds is 17. The molecule has 0 aliphatic carbocycles. The first-order valence-corrected chi connectivity index (χ1v) is 18.3. The minimum atomic E-state index is -0.933. The Hall–Kier alpha value is -6.22. The second kappa shape index (κ2) is 18.2. The highest BCUT2D eigenvalue weighted by Gasteiger charge is 2.34. The fourth-order valence-corrected chi connectivity index (χ4v) is 6.95. The minimum absolute atomic E-state index is 0.0189. The van der Waals surface area contributed by atoms with Gasteiger partial charge in [0.2, 0.25) is 0 Å². The summed E-state index contributed by atoms with van der Waals surface area (Å²) in [4.78, 5) is 55.4. The second-order valence-corrected chi connectivity index (χ2v) is 13.0. The summed E-state index contributed by atoms with van der Waals surface area (Å²) >= 11 is 1.17. The van der Waals surface area contributed by atoms with Crippen LogP contribution in [0.4, 0.5) is 5.69 Å². The van der Waals surface area contributed by atoms with E-state index in [1.807, 2.05) is 13.0 Å². The van der Waals surface area contributed by atoms with Crippen molar-refractivity contribution in [2.45, 2.75) is 46.8 Å². The zero-order valence-electron chi connectivity index (χ0n) is 31.1. The molecule has 1 aliphatic rings. The number of hydrogen-bond acceptors (Lipinski definition) is 13. The van der Waals surface area contributed by atoms with Crippen molar-refractivity contribution in [2.24, 2.45) is 4.99 Å². The van der Waals surface area contributed by atoms with Crippen molar-refractivity contribution in [3.8, 4) is 23.0 Å². The van der Waals surface area contributed by atoms with Gasteiger partial charge in [0.05, 0.1) is 53.7 Å². The summed E-state index contributed by atoms with van der Waals surface area (Å²) in [5.41, 5.74) is 2.82. The van der Waals surface area contributed by atoms with Gasteiger partial charge in [0.25, 0.3) is 11.2 Å². The van der Waals surface area contributed by atoms with Crippen molar-refractivity contribution < 1.29 is 42.9 Å². The molecule has 0 amide bonds. The average Bonchev–Trinajstić information content (AvgIpc) is 3.47. The lowest BCUT2D eigenvalue weighted by molar-refractivity contribution is -0.384. The molecule has 14 nitrogen and oxygen atoms in total. The van der Waals surface area contributed by atoms with Gasteiger partial charge in [0, 0.05) is 17.7 Å². The normalized spacial score (nSPS) is 13.7. The molecule has 0 N–H and O–H groups in total. The lowest BCUT2D eigenvalue weighted by atomic mass is 9.95. The number of nitrogens with zero attached hydrogens (tertiary/aromatic N) is 3. The number of hydrogen-bond donors (Lipinski definition) is 0. The van der Waals surface area contributed by atoms with Crippen LogP contribution in [-0.4, -0.2) is 55.0 Å². The Labute approximate surface area is 320 Å². The van der Waals surface area contributed by atoms with Gasteiger partial charge in [-0.2, -0.15) is 0 Å². The van der Waals surface area contributed by atoms with E-state index in [0.29, 0.717) is 56.4 Å². The molecular formula is C40H41N3O11S. The Balaban J connectivity index is 1.61. The van der Waals surface area contributed by atoms with E-state index in [0.717, 1.165) is 11.1 Å². The number of methoxy groups -OCH3 is 1. The number of fused-ring (bicyclic) bond motifs is 1. The molecule has 1 aromatic heterocycles. The fraction of sp³-hybridized carbons (Fsp3) is 0.300. The van der Waals surface area contributed by atoms with Crippen LogP contribution >= 0.6 is 11.3 Å². The third-order valence-corrected chi connectivity index (χ3v) is 9.30. The fourth-order valence-electron chi connectivity index (χ4n) is 5.91. The standard InChI is InChI=1S/C40H41N3O11S/c1-7-11-28-18-26(19-32(51-9-3)37(28)54-22-25-12-15-29(16-13-25)43(47)48)20-33-38(45)42-36(35(39(46)52-10-4)24(5)41-40(42)55-33)27-14-17-30(31(21-27)50-8-2)53-23-34(44)49-6/h7,12-21,36H,1,8-11,22-23H2,2-6H3/b33-20-/t36-/m1/s1. The summed E-state index contributed by atoms with van der Waals surface area (Å²) in [7, 11) is 1.26. The molecule has 0 bridgehead atoms. The maximum absolute atomic E-state index is 14.4. The van der Waals surface area contributed by atoms with Crippen molar-refractivity contribution >= 4 is 35.0 Å². The smallest absolute Gasteiger partial charge is 0.343 e. The maximum Gasteiger partial charge on any atom is 0.343 e. The number of allylic oxidation sites excluding steroid dienone is 2. The summed E-state index contributed by atoms with van der Waals surface area (Å²) in [6, 6.07) is 13.8. The molecule has 0 radical (unpaired) electrons. The van der Waals surface area contributed by atoms with Crippen LogP contribution in [0.15, 0.2) is 88.3 Å². The zero-order chi connectivity index (χ0) is 39.6. The number of carbonyl (C=O) groups excluding carboxylic acids is 2. The Kier molecular flexibility index (Phi) is 13.2. The van der Waals surface area contributed by atoms with E-state index < -0.39 is 28.5 Å². The highest BCUT2D eigenvalue weighted by atomic mass is 32.1. The van der Waals surface area contributed by atoms with Gasteiger partial charge < -0.3 is 28.4 Å². The van der Waals surface area contributed by atoms with Crippen molar-refractivity contribution in [1.29, 1.82) is 0 Å². The molecule has 0 spiro atoms. The van der Waals surface area contributed by atoms with E-state index in [1.165, 1.54) is 35.1 Å². The number of thiazole rings is 1. The Bertz CT molecular complexity index is 2310. The van der Waals surface area contributed by atoms with E-state index in [9.17, 15) is 24.5 Å². The minimum Gasteiger partial charge on any atom is -0.490 e. The molecule has 15 heteroatoms. The lowest BCUT2D eigenvalue weighted by Crippen LogP contribution is -2.40. The molecule has 55 heavy (non-hydrogen) atoms. The number of nitro benzene ring substituents is 1. The third kappa shape index (κ3) is 9.12. The quantitative estimate of drug-likeness (QED) is 0.0587. The monoisotopic (exact) mass is 771 g/mol. The van der Waals surface area contributed by atoms with E-state index in [2.05, 4.69) is 11.6 Å². The molecule has 4 aromatic rings. The van der Waals surface area contributed by atoms with Gasteiger partial charge in [0.15, 0.2) is 34.4 Å². The zero-order valence-corrected chi connectivity index (χ0v) is 31.9. The average molecular weight is 772 g/mol. The Morgan fingerprint density at radius 2 is 1.69 bits per heavy atom. The molecule has 5 rings (SSSR count). The topological polar surface area (TPSA) is 167 Å². The number of ether oxygens (including phenoxy) is 6. The van der Waals surface area contributed by atoms with Crippen LogP contribution in [0.1, 0.15) is 56.0 Å². The summed E-state index contributed by atoms with van der Waals surface area (Å²) in [6.07, 6.45) is 3.88. The van der Waals surface area contributed by atoms with Gasteiger partial charge in [-0.3, -0.25) is 19.5 Å². The molecular weight excluding hydrogens is 731 g/mol. The van der Waals surface area contributed by atoms with Crippen LogP contribution in [-0.2, 0) is 32.1 Å². The van der Waals surface area contributed by atoms with Crippen molar-refractivity contribution in [3.63, 3.8) is 0 Å². The maximum atomic E-state index is 14.4. The summed E-state index contributed by atoms with van der Waals surface area (Å²) < 4.78 is 35.7. The van der Waals surface area contributed by atoms with Crippen molar-refractivity contribution in [2.75, 3.05) is 33.5 Å².